The van der Waals surface area contributed by atoms with E-state index < -0.39 is 26.5 Å². The van der Waals surface area contributed by atoms with Crippen molar-refractivity contribution in [1.29, 1.82) is 0 Å². The van der Waals surface area contributed by atoms with E-state index in [2.05, 4.69) is 15.0 Å². The molecule has 0 radical (unpaired) electrons. The predicted molar refractivity (Wildman–Crippen MR) is 75.7 cm³/mol. The van der Waals surface area contributed by atoms with E-state index >= 15 is 0 Å². The Morgan fingerprint density at radius 2 is 2.14 bits per heavy atom. The van der Waals surface area contributed by atoms with Gasteiger partial charge < -0.3 is 5.32 Å². The molecular weight excluding hydrogens is 324 g/mol. The van der Waals surface area contributed by atoms with Crippen molar-refractivity contribution in [3.05, 3.63) is 33.1 Å². The summed E-state index contributed by atoms with van der Waals surface area (Å²) in [7, 11) is -3.28. The molecule has 1 heterocycles. The van der Waals surface area contributed by atoms with Crippen LogP contribution < -0.4 is 10.0 Å². The molecule has 0 unspecified atom stereocenters. The number of hydrogen-bond donors (Lipinski definition) is 2. The molecule has 0 aliphatic rings. The number of nitrogens with zero attached hydrogens (tertiary/aromatic N) is 2. The van der Waals surface area contributed by atoms with E-state index in [9.17, 15) is 23.3 Å². The molecule has 0 saturated carbocycles. The molecule has 9 nitrogen and oxygen atoms in total. The van der Waals surface area contributed by atoms with Crippen LogP contribution in [-0.2, 0) is 10.0 Å². The second kappa shape index (κ2) is 7.29. The number of rotatable bonds is 7. The first-order chi connectivity index (χ1) is 9.72. The fourth-order valence-electron chi connectivity index (χ4n) is 1.43. The monoisotopic (exact) mass is 336 g/mol. The van der Waals surface area contributed by atoms with Gasteiger partial charge in [-0.25, -0.2) is 18.1 Å². The summed E-state index contributed by atoms with van der Waals surface area (Å²) in [5, 5.41) is 12.9. The van der Waals surface area contributed by atoms with Gasteiger partial charge in [0.1, 0.15) is 5.56 Å². The number of sulfonamides is 1. The smallest absolute Gasteiger partial charge is 0.319 e. The third-order valence-corrected chi connectivity index (χ3v) is 3.32. The van der Waals surface area contributed by atoms with Gasteiger partial charge in [-0.1, -0.05) is 11.6 Å². The fourth-order valence-corrected chi connectivity index (χ4v) is 2.17. The average Bonchev–Trinajstić information content (AvgIpc) is 2.35. The van der Waals surface area contributed by atoms with Gasteiger partial charge in [0.2, 0.25) is 15.2 Å². The minimum absolute atomic E-state index is 0.151. The van der Waals surface area contributed by atoms with Gasteiger partial charge in [-0.15, -0.1) is 0 Å². The Kier molecular flexibility index (Phi) is 6.00. The van der Waals surface area contributed by atoms with E-state index in [0.717, 1.165) is 6.26 Å². The first kappa shape index (κ1) is 17.3. The second-order valence-corrected chi connectivity index (χ2v) is 6.22. The molecule has 21 heavy (non-hydrogen) atoms. The molecule has 0 atom stereocenters. The van der Waals surface area contributed by atoms with E-state index in [0.29, 0.717) is 6.42 Å². The van der Waals surface area contributed by atoms with E-state index in [1.807, 2.05) is 0 Å². The van der Waals surface area contributed by atoms with Gasteiger partial charge in [-0.05, 0) is 12.5 Å². The highest BCUT2D eigenvalue weighted by molar-refractivity contribution is 7.88. The van der Waals surface area contributed by atoms with Crippen LogP contribution in [0.15, 0.2) is 12.3 Å². The number of carbonyl (C=O) groups is 1. The predicted octanol–water partition coefficient (Wildman–Crippen LogP) is 0.312. The standard InChI is InChI=1S/C10H13ClN4O5S/c1-21(19,20)14-5-2-4-13-10(16)7-3-6-12-9(11)8(7)15(17)18/h3,6,14H,2,4-5H2,1H3,(H,13,16). The van der Waals surface area contributed by atoms with Gasteiger partial charge in [0.15, 0.2) is 0 Å². The minimum atomic E-state index is -3.28. The minimum Gasteiger partial charge on any atom is -0.352 e. The largest absolute Gasteiger partial charge is 0.352 e. The zero-order chi connectivity index (χ0) is 16.0. The summed E-state index contributed by atoms with van der Waals surface area (Å²) >= 11 is 5.59. The van der Waals surface area contributed by atoms with Crippen molar-refractivity contribution < 1.29 is 18.1 Å². The van der Waals surface area contributed by atoms with Crippen LogP contribution in [0.3, 0.4) is 0 Å². The Morgan fingerprint density at radius 3 is 2.71 bits per heavy atom. The van der Waals surface area contributed by atoms with Gasteiger partial charge in [-0.2, -0.15) is 0 Å². The summed E-state index contributed by atoms with van der Waals surface area (Å²) in [6.07, 6.45) is 2.55. The highest BCUT2D eigenvalue weighted by Gasteiger charge is 2.24. The van der Waals surface area contributed by atoms with Gasteiger partial charge in [0.05, 0.1) is 11.2 Å². The Balaban J connectivity index is 2.61. The van der Waals surface area contributed by atoms with Crippen molar-refractivity contribution in [2.24, 2.45) is 0 Å². The zero-order valence-electron chi connectivity index (χ0n) is 11.0. The third kappa shape index (κ3) is 5.61. The van der Waals surface area contributed by atoms with Crippen molar-refractivity contribution in [2.45, 2.75) is 6.42 Å². The van der Waals surface area contributed by atoms with Gasteiger partial charge in [0.25, 0.3) is 5.91 Å². The zero-order valence-corrected chi connectivity index (χ0v) is 12.6. The van der Waals surface area contributed by atoms with Gasteiger partial charge in [0, 0.05) is 19.3 Å². The van der Waals surface area contributed by atoms with E-state index in [-0.39, 0.29) is 23.8 Å². The molecular formula is C10H13ClN4O5S. The summed E-state index contributed by atoms with van der Waals surface area (Å²) in [5.41, 5.74) is -0.762. The van der Waals surface area contributed by atoms with Gasteiger partial charge >= 0.3 is 5.69 Å². The van der Waals surface area contributed by atoms with Crippen LogP contribution in [0, 0.1) is 10.1 Å². The molecule has 0 spiro atoms. The molecule has 1 aromatic rings. The van der Waals surface area contributed by atoms with Crippen molar-refractivity contribution in [3.63, 3.8) is 0 Å². The second-order valence-electron chi connectivity index (χ2n) is 4.03. The number of nitrogens with one attached hydrogen (secondary N) is 2. The lowest BCUT2D eigenvalue weighted by molar-refractivity contribution is -0.385. The van der Waals surface area contributed by atoms with Crippen LogP contribution in [-0.4, -0.2) is 43.6 Å². The van der Waals surface area contributed by atoms with Crippen molar-refractivity contribution >= 4 is 33.2 Å². The van der Waals surface area contributed by atoms with Crippen LogP contribution in [0.25, 0.3) is 0 Å². The van der Waals surface area contributed by atoms with Gasteiger partial charge in [-0.3, -0.25) is 14.9 Å². The summed E-state index contributed by atoms with van der Waals surface area (Å²) in [6.45, 7) is 0.302. The average molecular weight is 337 g/mol. The van der Waals surface area contributed by atoms with E-state index in [4.69, 9.17) is 11.6 Å². The normalized spacial score (nSPS) is 11.1. The van der Waals surface area contributed by atoms with E-state index in [1.54, 1.807) is 0 Å². The topological polar surface area (TPSA) is 131 Å². The number of carbonyl (C=O) groups excluding carboxylic acids is 1. The lowest BCUT2D eigenvalue weighted by Gasteiger charge is -2.06. The molecule has 0 bridgehead atoms. The first-order valence-electron chi connectivity index (χ1n) is 5.74. The molecule has 0 aliphatic carbocycles. The molecule has 0 aliphatic heterocycles. The maximum Gasteiger partial charge on any atom is 0.319 e. The molecule has 0 fully saturated rings. The molecule has 11 heteroatoms. The third-order valence-electron chi connectivity index (χ3n) is 2.31. The van der Waals surface area contributed by atoms with Crippen molar-refractivity contribution in [3.8, 4) is 0 Å². The highest BCUT2D eigenvalue weighted by Crippen LogP contribution is 2.25. The lowest BCUT2D eigenvalue weighted by atomic mass is 10.2. The Hall–Kier alpha value is -1.78. The number of aromatic nitrogens is 1. The number of halogens is 1. The molecule has 0 saturated heterocycles. The van der Waals surface area contributed by atoms with Crippen LogP contribution in [0.1, 0.15) is 16.8 Å². The van der Waals surface area contributed by atoms with Crippen LogP contribution >= 0.6 is 11.6 Å². The number of amides is 1. The number of nitro groups is 1. The SMILES string of the molecule is CS(=O)(=O)NCCCNC(=O)c1ccnc(Cl)c1[N+](=O)[O-]. The maximum atomic E-state index is 11.8. The summed E-state index contributed by atoms with van der Waals surface area (Å²) in [6, 6.07) is 1.19. The lowest BCUT2D eigenvalue weighted by Crippen LogP contribution is -2.29. The molecule has 1 rings (SSSR count). The highest BCUT2D eigenvalue weighted by atomic mass is 35.5. The van der Waals surface area contributed by atoms with Crippen LogP contribution in [0.2, 0.25) is 5.15 Å². The van der Waals surface area contributed by atoms with Crippen molar-refractivity contribution in [1.82, 2.24) is 15.0 Å². The maximum absolute atomic E-state index is 11.8. The Labute approximate surface area is 125 Å². The summed E-state index contributed by atoms with van der Waals surface area (Å²) in [4.78, 5) is 25.5. The summed E-state index contributed by atoms with van der Waals surface area (Å²) < 4.78 is 23.9. The molecule has 1 amide bonds. The van der Waals surface area contributed by atoms with Crippen LogP contribution in [0.5, 0.6) is 0 Å². The quantitative estimate of drug-likeness (QED) is 0.319. The van der Waals surface area contributed by atoms with Crippen LogP contribution in [0.4, 0.5) is 5.69 Å². The summed E-state index contributed by atoms with van der Waals surface area (Å²) in [5.74, 6) is -0.676. The Bertz CT molecular complexity index is 649. The molecule has 2 N–H and O–H groups in total. The Morgan fingerprint density at radius 1 is 1.48 bits per heavy atom. The molecule has 116 valence electrons. The molecule has 0 aromatic carbocycles. The van der Waals surface area contributed by atoms with Crippen molar-refractivity contribution in [2.75, 3.05) is 19.3 Å². The van der Waals surface area contributed by atoms with E-state index in [1.165, 1.54) is 12.3 Å². The number of pyridine rings is 1. The molecule has 1 aromatic heterocycles. The first-order valence-corrected chi connectivity index (χ1v) is 8.01. The fraction of sp³-hybridized carbons (Fsp3) is 0.400. The number of hydrogen-bond acceptors (Lipinski definition) is 6.